The van der Waals surface area contributed by atoms with Gasteiger partial charge in [-0.1, -0.05) is 0 Å². The van der Waals surface area contributed by atoms with Gasteiger partial charge >= 0.3 is 6.09 Å². The van der Waals surface area contributed by atoms with Crippen LogP contribution in [-0.4, -0.2) is 46.8 Å². The van der Waals surface area contributed by atoms with Crippen LogP contribution < -0.4 is 20.7 Å². The van der Waals surface area contributed by atoms with Crippen LogP contribution in [-0.2, 0) is 16.1 Å². The largest absolute Gasteiger partial charge is 0.491 e. The Bertz CT molecular complexity index is 983. The number of hydrogen-bond acceptors (Lipinski definition) is 6. The molecular formula is C20H23N5O4. The van der Waals surface area contributed by atoms with E-state index in [0.29, 0.717) is 37.2 Å². The molecule has 0 bridgehead atoms. The highest BCUT2D eigenvalue weighted by molar-refractivity contribution is 5.89. The van der Waals surface area contributed by atoms with Gasteiger partial charge in [-0.3, -0.25) is 9.69 Å². The van der Waals surface area contributed by atoms with E-state index in [0.717, 1.165) is 29.9 Å². The lowest BCUT2D eigenvalue weighted by atomic mass is 10.1. The number of cyclic esters (lactones) is 1. The first-order valence-electron chi connectivity index (χ1n) is 9.87. The average Bonchev–Trinajstić information content (AvgIpc) is 3.40. The second-order valence-electron chi connectivity index (χ2n) is 7.83. The molecule has 1 unspecified atom stereocenters. The lowest BCUT2D eigenvalue weighted by Gasteiger charge is -2.17. The highest BCUT2D eigenvalue weighted by Crippen LogP contribution is 2.38. The Morgan fingerprint density at radius 3 is 2.86 bits per heavy atom. The predicted octanol–water partition coefficient (Wildman–Crippen LogP) is 1.96. The lowest BCUT2D eigenvalue weighted by molar-refractivity contribution is -0.119. The Kier molecular flexibility index (Phi) is 4.11. The van der Waals surface area contributed by atoms with Crippen LogP contribution in [0.3, 0.4) is 0 Å². The van der Waals surface area contributed by atoms with E-state index in [4.69, 9.17) is 20.2 Å². The van der Waals surface area contributed by atoms with Crippen LogP contribution in [0.1, 0.15) is 19.8 Å². The summed E-state index contributed by atoms with van der Waals surface area (Å²) in [5.74, 6) is 1.96. The standard InChI is InChI=1S/C20H23N5O4/c1-11-10-29-20(27)25(11)16-9-24-6-7-28-15-8-13(4-5-14(15)19(24)23-16)22-17(18(21)26)12-2-3-12/h4-5,8-9,11-12,17,22H,2-3,6-7,10H2,1H3,(H2,21,26)/t11-,17?/m1/s1. The highest BCUT2D eigenvalue weighted by Gasteiger charge is 2.36. The molecule has 2 atom stereocenters. The molecular weight excluding hydrogens is 374 g/mol. The molecule has 5 rings (SSSR count). The van der Waals surface area contributed by atoms with Crippen molar-refractivity contribution in [2.45, 2.75) is 38.4 Å². The summed E-state index contributed by atoms with van der Waals surface area (Å²) in [4.78, 5) is 30.1. The summed E-state index contributed by atoms with van der Waals surface area (Å²) in [5, 5.41) is 3.25. The molecule has 1 aliphatic carbocycles. The van der Waals surface area contributed by atoms with Crippen LogP contribution in [0.2, 0.25) is 0 Å². The number of amides is 2. The zero-order valence-corrected chi connectivity index (χ0v) is 16.1. The zero-order valence-electron chi connectivity index (χ0n) is 16.1. The summed E-state index contributed by atoms with van der Waals surface area (Å²) in [5.41, 5.74) is 7.17. The summed E-state index contributed by atoms with van der Waals surface area (Å²) < 4.78 is 13.0. The second-order valence-corrected chi connectivity index (χ2v) is 7.83. The van der Waals surface area contributed by atoms with Gasteiger partial charge in [-0.05, 0) is 37.8 Å². The van der Waals surface area contributed by atoms with Crippen LogP contribution in [0.5, 0.6) is 5.75 Å². The third-order valence-corrected chi connectivity index (χ3v) is 5.63. The normalized spacial score (nSPS) is 21.5. The van der Waals surface area contributed by atoms with E-state index >= 15 is 0 Å². The molecule has 3 N–H and O–H groups in total. The summed E-state index contributed by atoms with van der Waals surface area (Å²) in [6.07, 6.45) is 3.51. The molecule has 2 amide bonds. The highest BCUT2D eigenvalue weighted by atomic mass is 16.6. The van der Waals surface area contributed by atoms with Crippen molar-refractivity contribution in [3.05, 3.63) is 24.4 Å². The minimum absolute atomic E-state index is 0.0582. The van der Waals surface area contributed by atoms with Gasteiger partial charge in [0, 0.05) is 18.0 Å². The Hall–Kier alpha value is -3.23. The number of aromatic nitrogens is 2. The number of nitrogens with one attached hydrogen (secondary N) is 1. The van der Waals surface area contributed by atoms with Crippen molar-refractivity contribution in [2.75, 3.05) is 23.4 Å². The molecule has 1 aromatic heterocycles. The number of ether oxygens (including phenoxy) is 2. The van der Waals surface area contributed by atoms with Gasteiger partial charge in [-0.25, -0.2) is 9.78 Å². The zero-order chi connectivity index (χ0) is 20.1. The maximum atomic E-state index is 12.1. The smallest absolute Gasteiger partial charge is 0.415 e. The monoisotopic (exact) mass is 397 g/mol. The summed E-state index contributed by atoms with van der Waals surface area (Å²) in [6.45, 7) is 3.38. The quantitative estimate of drug-likeness (QED) is 0.798. The fraction of sp³-hybridized carbons (Fsp3) is 0.450. The van der Waals surface area contributed by atoms with Gasteiger partial charge in [-0.2, -0.15) is 0 Å². The molecule has 2 aliphatic heterocycles. The van der Waals surface area contributed by atoms with E-state index in [1.807, 2.05) is 35.9 Å². The van der Waals surface area contributed by atoms with Crippen LogP contribution in [0, 0.1) is 5.92 Å². The Morgan fingerprint density at radius 2 is 2.17 bits per heavy atom. The number of anilines is 2. The molecule has 1 aromatic carbocycles. The number of imidazole rings is 1. The fourth-order valence-corrected chi connectivity index (χ4v) is 3.94. The first-order valence-corrected chi connectivity index (χ1v) is 9.87. The number of carbonyl (C=O) groups is 2. The van der Waals surface area contributed by atoms with Crippen molar-refractivity contribution in [3.8, 4) is 17.1 Å². The number of nitrogens with zero attached hydrogens (tertiary/aromatic N) is 3. The maximum Gasteiger partial charge on any atom is 0.415 e. The molecule has 9 heteroatoms. The molecule has 0 radical (unpaired) electrons. The fourth-order valence-electron chi connectivity index (χ4n) is 3.94. The van der Waals surface area contributed by atoms with E-state index in [1.54, 1.807) is 4.90 Å². The first-order chi connectivity index (χ1) is 14.0. The predicted molar refractivity (Wildman–Crippen MR) is 106 cm³/mol. The number of fused-ring (bicyclic) bond motifs is 3. The van der Waals surface area contributed by atoms with E-state index < -0.39 is 0 Å². The first kappa shape index (κ1) is 17.8. The van der Waals surface area contributed by atoms with Crippen LogP contribution in [0.25, 0.3) is 11.4 Å². The minimum atomic E-state index is -0.376. The Balaban J connectivity index is 1.46. The molecule has 1 saturated carbocycles. The molecule has 3 aliphatic rings. The minimum Gasteiger partial charge on any atom is -0.491 e. The number of carbonyl (C=O) groups excluding carboxylic acids is 2. The number of nitrogens with two attached hydrogens (primary N) is 1. The molecule has 3 heterocycles. The average molecular weight is 397 g/mol. The number of hydrogen-bond donors (Lipinski definition) is 2. The molecule has 2 fully saturated rings. The van der Waals surface area contributed by atoms with Crippen molar-refractivity contribution in [1.29, 1.82) is 0 Å². The Labute approximate surface area is 167 Å². The van der Waals surface area contributed by atoms with Gasteiger partial charge in [0.15, 0.2) is 5.82 Å². The van der Waals surface area contributed by atoms with Crippen molar-refractivity contribution < 1.29 is 19.1 Å². The van der Waals surface area contributed by atoms with Gasteiger partial charge in [0.2, 0.25) is 5.91 Å². The van der Waals surface area contributed by atoms with Crippen LogP contribution >= 0.6 is 0 Å². The second kappa shape index (κ2) is 6.68. The van der Waals surface area contributed by atoms with Gasteiger partial charge in [-0.15, -0.1) is 0 Å². The van der Waals surface area contributed by atoms with Crippen molar-refractivity contribution in [2.24, 2.45) is 11.7 Å². The maximum absolute atomic E-state index is 12.1. The number of rotatable bonds is 5. The number of benzene rings is 1. The van der Waals surface area contributed by atoms with Gasteiger partial charge < -0.3 is 25.1 Å². The van der Waals surface area contributed by atoms with E-state index in [1.165, 1.54) is 0 Å². The van der Waals surface area contributed by atoms with E-state index in [2.05, 4.69) is 5.32 Å². The summed E-state index contributed by atoms with van der Waals surface area (Å²) in [7, 11) is 0. The van der Waals surface area contributed by atoms with Crippen molar-refractivity contribution in [3.63, 3.8) is 0 Å². The number of primary amides is 1. The molecule has 2 aromatic rings. The van der Waals surface area contributed by atoms with E-state index in [-0.39, 0.29) is 24.1 Å². The molecule has 1 saturated heterocycles. The van der Waals surface area contributed by atoms with Gasteiger partial charge in [0.25, 0.3) is 0 Å². The van der Waals surface area contributed by atoms with E-state index in [9.17, 15) is 9.59 Å². The van der Waals surface area contributed by atoms with Gasteiger partial charge in [0.05, 0.1) is 18.2 Å². The summed E-state index contributed by atoms with van der Waals surface area (Å²) in [6, 6.07) is 5.27. The lowest BCUT2D eigenvalue weighted by Crippen LogP contribution is -2.37. The van der Waals surface area contributed by atoms with Gasteiger partial charge in [0.1, 0.15) is 30.8 Å². The third-order valence-electron chi connectivity index (χ3n) is 5.63. The topological polar surface area (TPSA) is 112 Å². The molecule has 0 spiro atoms. The third kappa shape index (κ3) is 3.16. The van der Waals surface area contributed by atoms with Crippen molar-refractivity contribution >= 4 is 23.5 Å². The Morgan fingerprint density at radius 1 is 1.34 bits per heavy atom. The molecule has 29 heavy (non-hydrogen) atoms. The van der Waals surface area contributed by atoms with Crippen molar-refractivity contribution in [1.82, 2.24) is 9.55 Å². The van der Waals surface area contributed by atoms with Crippen LogP contribution in [0.15, 0.2) is 24.4 Å². The SMILES string of the molecule is C[C@@H]1COC(=O)N1c1cn2c(n1)-c1ccc(NC(C(N)=O)C3CC3)cc1OCC2. The molecule has 152 valence electrons. The molecule has 9 nitrogen and oxygen atoms in total. The van der Waals surface area contributed by atoms with Crippen LogP contribution in [0.4, 0.5) is 16.3 Å². The summed E-state index contributed by atoms with van der Waals surface area (Å²) >= 11 is 0.